The van der Waals surface area contributed by atoms with Crippen molar-refractivity contribution >= 4 is 0 Å². The highest BCUT2D eigenvalue weighted by atomic mass is 16.5. The minimum atomic E-state index is 0.199. The Kier molecular flexibility index (Phi) is 1.27. The zero-order chi connectivity index (χ0) is 5.28. The maximum atomic E-state index is 8.65. The fraction of sp³-hybridized carbons (Fsp3) is 1.00. The maximum absolute atomic E-state index is 8.65. The van der Waals surface area contributed by atoms with Crippen molar-refractivity contribution in [1.82, 2.24) is 5.06 Å². The van der Waals surface area contributed by atoms with E-state index in [1.54, 1.807) is 0 Å². The molecule has 0 aliphatic carbocycles. The quantitative estimate of drug-likeness (QED) is 0.429. The fourth-order valence-electron chi connectivity index (χ4n) is 0.768. The minimum absolute atomic E-state index is 0.199. The van der Waals surface area contributed by atoms with E-state index in [1.807, 2.05) is 0 Å². The molecule has 0 amide bonds. The standard InChI is InChI=1S/C4H10N2O/c5-4-1-2-6(7)3-4/h4,7H,1-3,5H2/t4-/m1/s1. The minimum Gasteiger partial charge on any atom is -0.326 e. The molecule has 0 bridgehead atoms. The Morgan fingerprint density at radius 3 is 2.57 bits per heavy atom. The summed E-state index contributed by atoms with van der Waals surface area (Å²) in [4.78, 5) is 0. The lowest BCUT2D eigenvalue weighted by atomic mass is 10.3. The average Bonchev–Trinajstić information content (AvgIpc) is 1.87. The number of nitrogens with zero attached hydrogens (tertiary/aromatic N) is 1. The van der Waals surface area contributed by atoms with Gasteiger partial charge in [-0.25, -0.2) is 0 Å². The van der Waals surface area contributed by atoms with E-state index in [4.69, 9.17) is 10.9 Å². The normalized spacial score (nSPS) is 34.3. The largest absolute Gasteiger partial charge is 0.326 e. The summed E-state index contributed by atoms with van der Waals surface area (Å²) in [7, 11) is 0. The molecule has 0 spiro atoms. The van der Waals surface area contributed by atoms with Crippen molar-refractivity contribution in [3.63, 3.8) is 0 Å². The first-order valence-corrected chi connectivity index (χ1v) is 2.48. The highest BCUT2D eigenvalue weighted by Crippen LogP contribution is 2.01. The van der Waals surface area contributed by atoms with E-state index in [9.17, 15) is 0 Å². The van der Waals surface area contributed by atoms with Gasteiger partial charge in [-0.1, -0.05) is 0 Å². The Balaban J connectivity index is 2.26. The van der Waals surface area contributed by atoms with E-state index < -0.39 is 0 Å². The molecule has 0 unspecified atom stereocenters. The molecular weight excluding hydrogens is 92.1 g/mol. The molecule has 1 aliphatic rings. The second-order valence-corrected chi connectivity index (χ2v) is 1.96. The van der Waals surface area contributed by atoms with Gasteiger partial charge < -0.3 is 10.9 Å². The first kappa shape index (κ1) is 5.03. The molecule has 42 valence electrons. The summed E-state index contributed by atoms with van der Waals surface area (Å²) in [5, 5.41) is 9.91. The van der Waals surface area contributed by atoms with Crippen molar-refractivity contribution in [3.05, 3.63) is 0 Å². The molecule has 0 aromatic rings. The number of hydrogen-bond acceptors (Lipinski definition) is 3. The fourth-order valence-corrected chi connectivity index (χ4v) is 0.768. The van der Waals surface area contributed by atoms with Crippen LogP contribution in [0, 0.1) is 0 Å². The summed E-state index contributed by atoms with van der Waals surface area (Å²) < 4.78 is 0. The summed E-state index contributed by atoms with van der Waals surface area (Å²) in [6.45, 7) is 1.38. The van der Waals surface area contributed by atoms with Gasteiger partial charge in [0.05, 0.1) is 0 Å². The van der Waals surface area contributed by atoms with E-state index in [2.05, 4.69) is 0 Å². The molecule has 7 heavy (non-hydrogen) atoms. The Labute approximate surface area is 42.7 Å². The average molecular weight is 102 g/mol. The first-order valence-electron chi connectivity index (χ1n) is 2.48. The van der Waals surface area contributed by atoms with Gasteiger partial charge in [0.15, 0.2) is 0 Å². The SMILES string of the molecule is N[C@@H]1CCN(O)C1. The summed E-state index contributed by atoms with van der Waals surface area (Å²) >= 11 is 0. The van der Waals surface area contributed by atoms with Crippen LogP contribution in [0.15, 0.2) is 0 Å². The van der Waals surface area contributed by atoms with Crippen LogP contribution in [0.2, 0.25) is 0 Å². The van der Waals surface area contributed by atoms with Crippen molar-refractivity contribution < 1.29 is 5.21 Å². The summed E-state index contributed by atoms with van der Waals surface area (Å²) in [5.74, 6) is 0. The summed E-state index contributed by atoms with van der Waals surface area (Å²) in [6.07, 6.45) is 0.927. The van der Waals surface area contributed by atoms with Crippen molar-refractivity contribution in [2.75, 3.05) is 13.1 Å². The maximum Gasteiger partial charge on any atom is 0.0390 e. The number of hydroxylamine groups is 2. The Bertz CT molecular complexity index is 58.7. The molecule has 3 heteroatoms. The van der Waals surface area contributed by atoms with Crippen molar-refractivity contribution in [3.8, 4) is 0 Å². The van der Waals surface area contributed by atoms with Gasteiger partial charge in [0, 0.05) is 19.1 Å². The van der Waals surface area contributed by atoms with Crippen LogP contribution in [0.4, 0.5) is 0 Å². The highest BCUT2D eigenvalue weighted by molar-refractivity contribution is 4.71. The Morgan fingerprint density at radius 2 is 2.43 bits per heavy atom. The van der Waals surface area contributed by atoms with Gasteiger partial charge in [-0.3, -0.25) is 0 Å². The summed E-state index contributed by atoms with van der Waals surface area (Å²) in [5.41, 5.74) is 5.42. The molecule has 1 saturated heterocycles. The molecule has 1 fully saturated rings. The van der Waals surface area contributed by atoms with Gasteiger partial charge in [-0.15, -0.1) is 0 Å². The van der Waals surface area contributed by atoms with Gasteiger partial charge in [-0.05, 0) is 6.42 Å². The zero-order valence-corrected chi connectivity index (χ0v) is 4.17. The molecule has 1 atom stereocenters. The molecule has 3 N–H and O–H groups in total. The van der Waals surface area contributed by atoms with Gasteiger partial charge >= 0.3 is 0 Å². The molecule has 1 rings (SSSR count). The number of hydrogen-bond donors (Lipinski definition) is 2. The Morgan fingerprint density at radius 1 is 1.71 bits per heavy atom. The molecule has 0 aromatic carbocycles. The van der Waals surface area contributed by atoms with Crippen molar-refractivity contribution in [1.29, 1.82) is 0 Å². The van der Waals surface area contributed by atoms with Crippen molar-refractivity contribution in [2.24, 2.45) is 5.73 Å². The second-order valence-electron chi connectivity index (χ2n) is 1.96. The number of rotatable bonds is 0. The van der Waals surface area contributed by atoms with Crippen LogP contribution in [0.5, 0.6) is 0 Å². The zero-order valence-electron chi connectivity index (χ0n) is 4.17. The lowest BCUT2D eigenvalue weighted by molar-refractivity contribution is -0.0689. The third kappa shape index (κ3) is 1.12. The van der Waals surface area contributed by atoms with Crippen LogP contribution < -0.4 is 5.73 Å². The van der Waals surface area contributed by atoms with Gasteiger partial charge in [-0.2, -0.15) is 5.06 Å². The van der Waals surface area contributed by atoms with Crippen LogP contribution in [0.3, 0.4) is 0 Å². The van der Waals surface area contributed by atoms with Gasteiger partial charge in [0.25, 0.3) is 0 Å². The summed E-state index contributed by atoms with van der Waals surface area (Å²) in [6, 6.07) is 0.199. The van der Waals surface area contributed by atoms with Crippen LogP contribution in [-0.2, 0) is 0 Å². The monoisotopic (exact) mass is 102 g/mol. The van der Waals surface area contributed by atoms with Crippen LogP contribution in [-0.4, -0.2) is 29.4 Å². The van der Waals surface area contributed by atoms with E-state index >= 15 is 0 Å². The lowest BCUT2D eigenvalue weighted by Crippen LogP contribution is -2.23. The number of nitrogens with two attached hydrogens (primary N) is 1. The van der Waals surface area contributed by atoms with Crippen LogP contribution >= 0.6 is 0 Å². The van der Waals surface area contributed by atoms with E-state index in [-0.39, 0.29) is 6.04 Å². The van der Waals surface area contributed by atoms with Gasteiger partial charge in [0.2, 0.25) is 0 Å². The molecule has 1 heterocycles. The van der Waals surface area contributed by atoms with Crippen LogP contribution in [0.1, 0.15) is 6.42 Å². The third-order valence-corrected chi connectivity index (χ3v) is 1.20. The second kappa shape index (κ2) is 1.78. The lowest BCUT2D eigenvalue weighted by Gasteiger charge is -2.01. The predicted octanol–water partition coefficient (Wildman–Crippen LogP) is -0.591. The molecule has 0 radical (unpaired) electrons. The van der Waals surface area contributed by atoms with E-state index in [0.717, 1.165) is 13.0 Å². The smallest absolute Gasteiger partial charge is 0.0390 e. The van der Waals surface area contributed by atoms with Crippen molar-refractivity contribution in [2.45, 2.75) is 12.5 Å². The third-order valence-electron chi connectivity index (χ3n) is 1.20. The topological polar surface area (TPSA) is 49.5 Å². The van der Waals surface area contributed by atoms with E-state index in [1.165, 1.54) is 5.06 Å². The molecule has 1 aliphatic heterocycles. The predicted molar refractivity (Wildman–Crippen MR) is 26.0 cm³/mol. The molecular formula is C4H10N2O. The van der Waals surface area contributed by atoms with Crippen LogP contribution in [0.25, 0.3) is 0 Å². The molecule has 0 aromatic heterocycles. The highest BCUT2D eigenvalue weighted by Gasteiger charge is 2.15. The molecule has 3 nitrogen and oxygen atoms in total. The van der Waals surface area contributed by atoms with Gasteiger partial charge in [0.1, 0.15) is 0 Å². The van der Waals surface area contributed by atoms with E-state index in [0.29, 0.717) is 6.54 Å². The molecule has 0 saturated carbocycles. The first-order chi connectivity index (χ1) is 3.29. The Hall–Kier alpha value is -0.120.